The second-order valence-corrected chi connectivity index (χ2v) is 4.88. The standard InChI is InChI=1S/C10H13NO2S/c1-3-9-5-4-6-10(7-9)8-11-14(2,12)13/h3-7,11H,1,8H2,2H3. The highest BCUT2D eigenvalue weighted by molar-refractivity contribution is 7.88. The first-order valence-electron chi connectivity index (χ1n) is 4.17. The minimum absolute atomic E-state index is 0.320. The molecule has 0 aliphatic rings. The summed E-state index contributed by atoms with van der Waals surface area (Å²) in [5.41, 5.74) is 1.91. The van der Waals surface area contributed by atoms with E-state index in [-0.39, 0.29) is 0 Å². The van der Waals surface area contributed by atoms with E-state index in [0.717, 1.165) is 17.4 Å². The average molecular weight is 211 g/mol. The Hall–Kier alpha value is -1.13. The molecule has 0 fully saturated rings. The molecular formula is C10H13NO2S. The molecule has 0 aromatic heterocycles. The maximum atomic E-state index is 10.8. The van der Waals surface area contributed by atoms with E-state index in [1.807, 2.05) is 24.3 Å². The molecule has 4 heteroatoms. The molecule has 14 heavy (non-hydrogen) atoms. The van der Waals surface area contributed by atoms with E-state index < -0.39 is 10.0 Å². The number of hydrogen-bond acceptors (Lipinski definition) is 2. The Labute approximate surface area is 84.5 Å². The number of sulfonamides is 1. The molecule has 1 N–H and O–H groups in total. The van der Waals surface area contributed by atoms with Crippen molar-refractivity contribution in [2.24, 2.45) is 0 Å². The van der Waals surface area contributed by atoms with Crippen molar-refractivity contribution < 1.29 is 8.42 Å². The molecule has 1 rings (SSSR count). The van der Waals surface area contributed by atoms with Crippen molar-refractivity contribution in [3.63, 3.8) is 0 Å². The average Bonchev–Trinajstić information content (AvgIpc) is 2.14. The Balaban J connectivity index is 2.72. The lowest BCUT2D eigenvalue weighted by atomic mass is 10.1. The van der Waals surface area contributed by atoms with Gasteiger partial charge in [-0.3, -0.25) is 0 Å². The highest BCUT2D eigenvalue weighted by Gasteiger charge is 2.00. The second kappa shape index (κ2) is 4.39. The van der Waals surface area contributed by atoms with Crippen molar-refractivity contribution >= 4 is 16.1 Å². The largest absolute Gasteiger partial charge is 0.213 e. The predicted molar refractivity (Wildman–Crippen MR) is 58.2 cm³/mol. The molecule has 1 aromatic rings. The predicted octanol–water partition coefficient (Wildman–Crippen LogP) is 1.38. The fraction of sp³-hybridized carbons (Fsp3) is 0.200. The van der Waals surface area contributed by atoms with Gasteiger partial charge in [-0.05, 0) is 11.1 Å². The summed E-state index contributed by atoms with van der Waals surface area (Å²) in [5.74, 6) is 0. The zero-order chi connectivity index (χ0) is 10.6. The van der Waals surface area contributed by atoms with Crippen LogP contribution in [0.15, 0.2) is 30.8 Å². The van der Waals surface area contributed by atoms with Crippen LogP contribution in [0.1, 0.15) is 11.1 Å². The first-order chi connectivity index (χ1) is 6.51. The van der Waals surface area contributed by atoms with Gasteiger partial charge in [0.2, 0.25) is 10.0 Å². The molecule has 0 aliphatic carbocycles. The molecule has 76 valence electrons. The Bertz CT molecular complexity index is 424. The molecule has 0 atom stereocenters. The van der Waals surface area contributed by atoms with E-state index in [1.165, 1.54) is 0 Å². The SMILES string of the molecule is C=Cc1cccc(CNS(C)(=O)=O)c1. The summed E-state index contributed by atoms with van der Waals surface area (Å²) >= 11 is 0. The normalized spacial score (nSPS) is 11.2. The Kier molecular flexibility index (Phi) is 3.43. The number of rotatable bonds is 4. The van der Waals surface area contributed by atoms with Gasteiger partial charge >= 0.3 is 0 Å². The maximum Gasteiger partial charge on any atom is 0.209 e. The van der Waals surface area contributed by atoms with Crippen molar-refractivity contribution in [1.29, 1.82) is 0 Å². The van der Waals surface area contributed by atoms with Gasteiger partial charge in [0, 0.05) is 6.54 Å². The highest BCUT2D eigenvalue weighted by Crippen LogP contribution is 2.06. The monoisotopic (exact) mass is 211 g/mol. The number of benzene rings is 1. The Morgan fingerprint density at radius 2 is 2.21 bits per heavy atom. The highest BCUT2D eigenvalue weighted by atomic mass is 32.2. The van der Waals surface area contributed by atoms with E-state index in [9.17, 15) is 8.42 Å². The molecule has 1 aromatic carbocycles. The quantitative estimate of drug-likeness (QED) is 0.817. The van der Waals surface area contributed by atoms with Crippen molar-refractivity contribution in [3.05, 3.63) is 42.0 Å². The van der Waals surface area contributed by atoms with Crippen molar-refractivity contribution in [2.75, 3.05) is 6.26 Å². The van der Waals surface area contributed by atoms with Crippen LogP contribution in [0.4, 0.5) is 0 Å². The van der Waals surface area contributed by atoms with Gasteiger partial charge in [-0.2, -0.15) is 0 Å². The van der Waals surface area contributed by atoms with Gasteiger partial charge in [0.1, 0.15) is 0 Å². The molecule has 0 spiro atoms. The van der Waals surface area contributed by atoms with E-state index >= 15 is 0 Å². The van der Waals surface area contributed by atoms with Crippen molar-refractivity contribution in [1.82, 2.24) is 4.72 Å². The smallest absolute Gasteiger partial charge is 0.209 e. The van der Waals surface area contributed by atoms with Gasteiger partial charge in [-0.1, -0.05) is 36.9 Å². The van der Waals surface area contributed by atoms with Gasteiger partial charge < -0.3 is 0 Å². The van der Waals surface area contributed by atoms with Crippen LogP contribution >= 0.6 is 0 Å². The summed E-state index contributed by atoms with van der Waals surface area (Å²) in [4.78, 5) is 0. The molecule has 0 bridgehead atoms. The van der Waals surface area contributed by atoms with Gasteiger partial charge in [0.15, 0.2) is 0 Å². The molecule has 0 saturated heterocycles. The summed E-state index contributed by atoms with van der Waals surface area (Å²) < 4.78 is 24.1. The van der Waals surface area contributed by atoms with E-state index in [4.69, 9.17) is 0 Å². The van der Waals surface area contributed by atoms with Crippen LogP contribution < -0.4 is 4.72 Å². The van der Waals surface area contributed by atoms with Crippen LogP contribution in [-0.4, -0.2) is 14.7 Å². The minimum Gasteiger partial charge on any atom is -0.213 e. The second-order valence-electron chi connectivity index (χ2n) is 3.04. The molecular weight excluding hydrogens is 198 g/mol. The van der Waals surface area contributed by atoms with Gasteiger partial charge in [-0.15, -0.1) is 0 Å². The molecule has 3 nitrogen and oxygen atoms in total. The summed E-state index contributed by atoms with van der Waals surface area (Å²) in [6, 6.07) is 7.55. The van der Waals surface area contributed by atoms with Gasteiger partial charge in [-0.25, -0.2) is 13.1 Å². The van der Waals surface area contributed by atoms with E-state index in [1.54, 1.807) is 6.08 Å². The zero-order valence-corrected chi connectivity index (χ0v) is 8.84. The van der Waals surface area contributed by atoms with Crippen LogP contribution in [-0.2, 0) is 16.6 Å². The lowest BCUT2D eigenvalue weighted by Gasteiger charge is -2.03. The van der Waals surface area contributed by atoms with Crippen LogP contribution in [0.5, 0.6) is 0 Å². The topological polar surface area (TPSA) is 46.2 Å². The van der Waals surface area contributed by atoms with Crippen LogP contribution in [0, 0.1) is 0 Å². The summed E-state index contributed by atoms with van der Waals surface area (Å²) in [6.07, 6.45) is 2.87. The van der Waals surface area contributed by atoms with Gasteiger partial charge in [0.25, 0.3) is 0 Å². The Morgan fingerprint density at radius 3 is 2.79 bits per heavy atom. The van der Waals surface area contributed by atoms with Crippen LogP contribution in [0.2, 0.25) is 0 Å². The minimum atomic E-state index is -3.12. The summed E-state index contributed by atoms with van der Waals surface area (Å²) in [7, 11) is -3.12. The third kappa shape index (κ3) is 3.72. The molecule has 0 saturated carbocycles. The molecule has 0 amide bonds. The fourth-order valence-corrected chi connectivity index (χ4v) is 1.47. The van der Waals surface area contributed by atoms with Crippen LogP contribution in [0.25, 0.3) is 6.08 Å². The molecule has 0 heterocycles. The lowest BCUT2D eigenvalue weighted by Crippen LogP contribution is -2.21. The lowest BCUT2D eigenvalue weighted by molar-refractivity contribution is 0.587. The molecule has 0 radical (unpaired) electrons. The molecule has 0 unspecified atom stereocenters. The van der Waals surface area contributed by atoms with Crippen LogP contribution in [0.3, 0.4) is 0 Å². The first kappa shape index (κ1) is 10.9. The zero-order valence-electron chi connectivity index (χ0n) is 8.03. The third-order valence-electron chi connectivity index (χ3n) is 1.73. The van der Waals surface area contributed by atoms with E-state index in [2.05, 4.69) is 11.3 Å². The van der Waals surface area contributed by atoms with Gasteiger partial charge in [0.05, 0.1) is 6.26 Å². The van der Waals surface area contributed by atoms with E-state index in [0.29, 0.717) is 6.54 Å². The fourth-order valence-electron chi connectivity index (χ4n) is 1.04. The van der Waals surface area contributed by atoms with Crippen molar-refractivity contribution in [3.8, 4) is 0 Å². The third-order valence-corrected chi connectivity index (χ3v) is 2.39. The number of hydrogen-bond donors (Lipinski definition) is 1. The van der Waals surface area contributed by atoms with Crippen molar-refractivity contribution in [2.45, 2.75) is 6.54 Å². The summed E-state index contributed by atoms with van der Waals surface area (Å²) in [6.45, 7) is 3.96. The molecule has 0 aliphatic heterocycles. The summed E-state index contributed by atoms with van der Waals surface area (Å²) in [5, 5.41) is 0. The number of nitrogens with one attached hydrogen (secondary N) is 1. The Morgan fingerprint density at radius 1 is 1.50 bits per heavy atom. The maximum absolute atomic E-state index is 10.8. The first-order valence-corrected chi connectivity index (χ1v) is 6.06.